The fourth-order valence-electron chi connectivity index (χ4n) is 4.50. The van der Waals surface area contributed by atoms with E-state index >= 15 is 0 Å². The summed E-state index contributed by atoms with van der Waals surface area (Å²) >= 11 is 0. The van der Waals surface area contributed by atoms with Gasteiger partial charge in [0.05, 0.1) is 12.3 Å². The van der Waals surface area contributed by atoms with Crippen molar-refractivity contribution < 1.29 is 5.11 Å². The number of fused-ring (bicyclic) bond motifs is 1. The average Bonchev–Trinajstić information content (AvgIpc) is 3.09. The number of piperidine rings is 1. The van der Waals surface area contributed by atoms with Crippen LogP contribution in [0.3, 0.4) is 0 Å². The first-order valence-electron chi connectivity index (χ1n) is 10.2. The normalized spacial score (nSPS) is 15.6. The summed E-state index contributed by atoms with van der Waals surface area (Å²) in [6, 6.07) is 8.61. The topological polar surface area (TPSA) is 70.0 Å². The number of hydrogen-bond donors (Lipinski definition) is 3. The summed E-state index contributed by atoms with van der Waals surface area (Å²) < 4.78 is 1.55. The Morgan fingerprint density at radius 1 is 1.21 bits per heavy atom. The molecule has 4 rings (SSSR count). The standard InChI is InChI=1S/C23H29N3O2/c1-14(2)21-19-11-16(15-6-8-24-9-7-15)4-5-20(19)25-22(21)17-10-18(13-27)23(28)26(3)12-17/h4-5,10-12,14-15,24-25,27H,6-9,13H2,1-3H3. The lowest BCUT2D eigenvalue weighted by Crippen LogP contribution is -2.26. The summed E-state index contributed by atoms with van der Waals surface area (Å²) in [7, 11) is 1.73. The first kappa shape index (κ1) is 19.0. The van der Waals surface area contributed by atoms with Crippen molar-refractivity contribution >= 4 is 10.9 Å². The largest absolute Gasteiger partial charge is 0.391 e. The first-order valence-corrected chi connectivity index (χ1v) is 10.2. The molecule has 148 valence electrons. The summed E-state index contributed by atoms with van der Waals surface area (Å²) in [6.45, 7) is 6.33. The van der Waals surface area contributed by atoms with Crippen molar-refractivity contribution in [3.63, 3.8) is 0 Å². The molecule has 5 nitrogen and oxygen atoms in total. The number of nitrogens with one attached hydrogen (secondary N) is 2. The quantitative estimate of drug-likeness (QED) is 0.648. The van der Waals surface area contributed by atoms with Crippen LogP contribution in [0.25, 0.3) is 22.2 Å². The number of pyridine rings is 1. The molecule has 2 aromatic heterocycles. The number of aromatic nitrogens is 2. The number of hydrogen-bond acceptors (Lipinski definition) is 3. The zero-order valence-electron chi connectivity index (χ0n) is 16.9. The van der Waals surface area contributed by atoms with E-state index in [9.17, 15) is 9.90 Å². The molecule has 0 radical (unpaired) electrons. The monoisotopic (exact) mass is 379 g/mol. The highest BCUT2D eigenvalue weighted by atomic mass is 16.3. The van der Waals surface area contributed by atoms with Crippen LogP contribution < -0.4 is 10.9 Å². The predicted octanol–water partition coefficient (Wildman–Crippen LogP) is 3.62. The molecule has 0 atom stereocenters. The van der Waals surface area contributed by atoms with Crippen molar-refractivity contribution in [2.75, 3.05) is 13.1 Å². The minimum absolute atomic E-state index is 0.151. The number of H-pyrrole nitrogens is 1. The molecule has 1 fully saturated rings. The molecule has 1 aliphatic rings. The van der Waals surface area contributed by atoms with E-state index in [0.29, 0.717) is 17.4 Å². The summed E-state index contributed by atoms with van der Waals surface area (Å²) in [5, 5.41) is 14.3. The van der Waals surface area contributed by atoms with Gasteiger partial charge in [0.15, 0.2) is 0 Å². The van der Waals surface area contributed by atoms with Crippen molar-refractivity contribution in [1.29, 1.82) is 0 Å². The Hall–Kier alpha value is -2.37. The van der Waals surface area contributed by atoms with Gasteiger partial charge in [-0.1, -0.05) is 19.9 Å². The van der Waals surface area contributed by atoms with E-state index in [-0.39, 0.29) is 12.2 Å². The van der Waals surface area contributed by atoms with Crippen molar-refractivity contribution in [2.24, 2.45) is 7.05 Å². The van der Waals surface area contributed by atoms with Crippen LogP contribution in [0.1, 0.15) is 55.2 Å². The second-order valence-corrected chi connectivity index (χ2v) is 8.23. The minimum atomic E-state index is -0.252. The molecule has 3 N–H and O–H groups in total. The number of rotatable bonds is 4. The number of aryl methyl sites for hydroxylation is 1. The van der Waals surface area contributed by atoms with Gasteiger partial charge in [-0.2, -0.15) is 0 Å². The van der Waals surface area contributed by atoms with Crippen LogP contribution in [0.4, 0.5) is 0 Å². The van der Waals surface area contributed by atoms with Gasteiger partial charge in [-0.05, 0) is 67.1 Å². The van der Waals surface area contributed by atoms with E-state index in [1.54, 1.807) is 11.6 Å². The Balaban J connectivity index is 1.88. The molecule has 1 aliphatic heterocycles. The second-order valence-electron chi connectivity index (χ2n) is 8.23. The van der Waals surface area contributed by atoms with Crippen LogP contribution in [0.5, 0.6) is 0 Å². The van der Waals surface area contributed by atoms with Crippen LogP contribution in [0, 0.1) is 0 Å². The van der Waals surface area contributed by atoms with Crippen LogP contribution >= 0.6 is 0 Å². The van der Waals surface area contributed by atoms with E-state index < -0.39 is 0 Å². The third-order valence-electron chi connectivity index (χ3n) is 5.97. The number of benzene rings is 1. The predicted molar refractivity (Wildman–Crippen MR) is 114 cm³/mol. The van der Waals surface area contributed by atoms with E-state index in [1.165, 1.54) is 29.4 Å². The molecule has 3 aromatic rings. The lowest BCUT2D eigenvalue weighted by Gasteiger charge is -2.23. The van der Waals surface area contributed by atoms with Gasteiger partial charge >= 0.3 is 0 Å². The molecule has 28 heavy (non-hydrogen) atoms. The molecular weight excluding hydrogens is 350 g/mol. The van der Waals surface area contributed by atoms with Crippen LogP contribution in [-0.2, 0) is 13.7 Å². The zero-order valence-corrected chi connectivity index (χ0v) is 16.9. The van der Waals surface area contributed by atoms with Crippen LogP contribution in [0.2, 0.25) is 0 Å². The molecule has 0 spiro atoms. The second kappa shape index (κ2) is 7.57. The molecule has 5 heteroatoms. The van der Waals surface area contributed by atoms with Crippen molar-refractivity contribution in [3.05, 3.63) is 57.5 Å². The Morgan fingerprint density at radius 3 is 2.64 bits per heavy atom. The van der Waals surface area contributed by atoms with Gasteiger partial charge in [0.1, 0.15) is 0 Å². The fraction of sp³-hybridized carbons (Fsp3) is 0.435. The van der Waals surface area contributed by atoms with E-state index in [2.05, 4.69) is 42.3 Å². The average molecular weight is 380 g/mol. The highest BCUT2D eigenvalue weighted by Crippen LogP contribution is 2.37. The number of aromatic amines is 1. The SMILES string of the molecule is CC(C)c1c(-c2cc(CO)c(=O)n(C)c2)[nH]c2ccc(C3CCNCC3)cc12. The Labute approximate surface area is 165 Å². The van der Waals surface area contributed by atoms with Crippen molar-refractivity contribution in [3.8, 4) is 11.3 Å². The van der Waals surface area contributed by atoms with E-state index in [1.807, 2.05) is 12.3 Å². The fourth-order valence-corrected chi connectivity index (χ4v) is 4.50. The number of aliphatic hydroxyl groups excluding tert-OH is 1. The Kier molecular flexibility index (Phi) is 5.13. The molecule has 1 aromatic carbocycles. The lowest BCUT2D eigenvalue weighted by atomic mass is 9.88. The van der Waals surface area contributed by atoms with Gasteiger partial charge < -0.3 is 20.0 Å². The smallest absolute Gasteiger partial charge is 0.255 e. The van der Waals surface area contributed by atoms with Crippen LogP contribution in [-0.4, -0.2) is 27.7 Å². The summed E-state index contributed by atoms with van der Waals surface area (Å²) in [5.74, 6) is 0.949. The van der Waals surface area contributed by atoms with E-state index in [4.69, 9.17) is 0 Å². The van der Waals surface area contributed by atoms with Gasteiger partial charge in [0, 0.05) is 35.3 Å². The first-order chi connectivity index (χ1) is 13.5. The molecule has 3 heterocycles. The summed E-state index contributed by atoms with van der Waals surface area (Å²) in [5.41, 5.74) is 6.06. The molecule has 0 bridgehead atoms. The maximum absolute atomic E-state index is 12.2. The maximum atomic E-state index is 12.2. The van der Waals surface area contributed by atoms with Gasteiger partial charge in [0.2, 0.25) is 0 Å². The van der Waals surface area contributed by atoms with Gasteiger partial charge in [-0.3, -0.25) is 4.79 Å². The molecule has 0 aliphatic carbocycles. The molecule has 0 amide bonds. The van der Waals surface area contributed by atoms with Crippen LogP contribution in [0.15, 0.2) is 35.3 Å². The summed E-state index contributed by atoms with van der Waals surface area (Å²) in [4.78, 5) is 15.8. The number of aliphatic hydroxyl groups is 1. The van der Waals surface area contributed by atoms with Gasteiger partial charge in [0.25, 0.3) is 5.56 Å². The van der Waals surface area contributed by atoms with Gasteiger partial charge in [-0.15, -0.1) is 0 Å². The third-order valence-corrected chi connectivity index (χ3v) is 5.97. The molecule has 0 unspecified atom stereocenters. The number of nitrogens with zero attached hydrogens (tertiary/aromatic N) is 1. The maximum Gasteiger partial charge on any atom is 0.255 e. The Morgan fingerprint density at radius 2 is 1.96 bits per heavy atom. The van der Waals surface area contributed by atoms with Crippen molar-refractivity contribution in [1.82, 2.24) is 14.9 Å². The summed E-state index contributed by atoms with van der Waals surface area (Å²) in [6.07, 6.45) is 4.21. The highest BCUT2D eigenvalue weighted by Gasteiger charge is 2.20. The minimum Gasteiger partial charge on any atom is -0.391 e. The van der Waals surface area contributed by atoms with Crippen molar-refractivity contribution in [2.45, 2.75) is 45.1 Å². The van der Waals surface area contributed by atoms with Gasteiger partial charge in [-0.25, -0.2) is 0 Å². The Bertz CT molecular complexity index is 1060. The zero-order chi connectivity index (χ0) is 19.8. The molecule has 0 saturated carbocycles. The lowest BCUT2D eigenvalue weighted by molar-refractivity contribution is 0.279. The molecular formula is C23H29N3O2. The van der Waals surface area contributed by atoms with E-state index in [0.717, 1.165) is 29.9 Å². The molecule has 1 saturated heterocycles. The third kappa shape index (κ3) is 3.29. The highest BCUT2D eigenvalue weighted by molar-refractivity contribution is 5.92.